The number of hydrogen-bond donors (Lipinski definition) is 4. The van der Waals surface area contributed by atoms with Gasteiger partial charge in [-0.1, -0.05) is 25.0 Å². The van der Waals surface area contributed by atoms with Crippen LogP contribution in [0, 0.1) is 0 Å². The average Bonchev–Trinajstić information content (AvgIpc) is 2.52. The lowest BCUT2D eigenvalue weighted by atomic mass is 10.1. The van der Waals surface area contributed by atoms with Crippen molar-refractivity contribution in [2.45, 2.75) is 51.0 Å². The van der Waals surface area contributed by atoms with E-state index in [2.05, 4.69) is 5.32 Å². The summed E-state index contributed by atoms with van der Waals surface area (Å²) in [5, 5.41) is 29.9. The van der Waals surface area contributed by atoms with Gasteiger partial charge in [0.1, 0.15) is 5.75 Å². The highest BCUT2D eigenvalue weighted by Crippen LogP contribution is 2.11. The topological polar surface area (TPSA) is 107 Å². The molecule has 0 bridgehead atoms. The molecule has 1 amide bonds. The fourth-order valence-electron chi connectivity index (χ4n) is 2.29. The van der Waals surface area contributed by atoms with E-state index in [-0.39, 0.29) is 30.7 Å². The molecule has 0 heterocycles. The minimum Gasteiger partial charge on any atom is -0.508 e. The zero-order valence-corrected chi connectivity index (χ0v) is 13.2. The number of unbranched alkanes of at least 4 members (excludes halogenated alkanes) is 3. The molecule has 0 fully saturated rings. The van der Waals surface area contributed by atoms with Gasteiger partial charge >= 0.3 is 5.97 Å². The van der Waals surface area contributed by atoms with E-state index in [0.29, 0.717) is 25.7 Å². The Kier molecular flexibility index (Phi) is 8.75. The van der Waals surface area contributed by atoms with Gasteiger partial charge in [0.2, 0.25) is 5.91 Å². The van der Waals surface area contributed by atoms with Crippen LogP contribution < -0.4 is 5.32 Å². The van der Waals surface area contributed by atoms with Crippen LogP contribution in [0.1, 0.15) is 44.1 Å². The van der Waals surface area contributed by atoms with Gasteiger partial charge in [-0.25, -0.2) is 0 Å². The second-order valence-corrected chi connectivity index (χ2v) is 5.63. The Morgan fingerprint density at radius 2 is 1.61 bits per heavy atom. The molecule has 0 aromatic heterocycles. The van der Waals surface area contributed by atoms with Crippen molar-refractivity contribution in [1.82, 2.24) is 5.32 Å². The second-order valence-electron chi connectivity index (χ2n) is 5.63. The lowest BCUT2D eigenvalue weighted by Crippen LogP contribution is -2.38. The molecule has 0 unspecified atom stereocenters. The third-order valence-electron chi connectivity index (χ3n) is 3.55. The monoisotopic (exact) mass is 323 g/mol. The number of benzene rings is 1. The minimum absolute atomic E-state index is 0.110. The number of carboxylic acid groups (broad SMARTS) is 1. The Morgan fingerprint density at radius 1 is 1.00 bits per heavy atom. The Morgan fingerprint density at radius 3 is 2.17 bits per heavy atom. The molecule has 23 heavy (non-hydrogen) atoms. The van der Waals surface area contributed by atoms with Crippen molar-refractivity contribution in [3.05, 3.63) is 29.8 Å². The maximum absolute atomic E-state index is 11.8. The third-order valence-corrected chi connectivity index (χ3v) is 3.55. The van der Waals surface area contributed by atoms with Gasteiger partial charge in [0, 0.05) is 12.8 Å². The van der Waals surface area contributed by atoms with Gasteiger partial charge in [-0.15, -0.1) is 0 Å². The number of aliphatic hydroxyl groups excluding tert-OH is 1. The largest absolute Gasteiger partial charge is 0.508 e. The summed E-state index contributed by atoms with van der Waals surface area (Å²) in [6.07, 6.45) is 4.02. The molecule has 128 valence electrons. The van der Waals surface area contributed by atoms with Crippen molar-refractivity contribution in [2.75, 3.05) is 6.61 Å². The summed E-state index contributed by atoms with van der Waals surface area (Å²) in [7, 11) is 0. The van der Waals surface area contributed by atoms with Gasteiger partial charge in [-0.3, -0.25) is 9.59 Å². The van der Waals surface area contributed by atoms with Crippen molar-refractivity contribution in [2.24, 2.45) is 0 Å². The number of amides is 1. The van der Waals surface area contributed by atoms with Crippen LogP contribution in [0.2, 0.25) is 0 Å². The summed E-state index contributed by atoms with van der Waals surface area (Å²) in [6, 6.07) is 6.31. The van der Waals surface area contributed by atoms with Gasteiger partial charge in [0.15, 0.2) is 0 Å². The van der Waals surface area contributed by atoms with Crippen LogP contribution in [0.5, 0.6) is 5.75 Å². The number of nitrogens with one attached hydrogen (secondary N) is 1. The summed E-state index contributed by atoms with van der Waals surface area (Å²) < 4.78 is 0. The van der Waals surface area contributed by atoms with E-state index >= 15 is 0 Å². The van der Waals surface area contributed by atoms with Crippen molar-refractivity contribution < 1.29 is 24.9 Å². The molecule has 0 spiro atoms. The van der Waals surface area contributed by atoms with Crippen LogP contribution in [0.15, 0.2) is 24.3 Å². The van der Waals surface area contributed by atoms with E-state index in [0.717, 1.165) is 18.4 Å². The van der Waals surface area contributed by atoms with E-state index < -0.39 is 5.97 Å². The predicted octanol–water partition coefficient (Wildman–Crippen LogP) is 1.84. The Labute approximate surface area is 136 Å². The number of aliphatic carboxylic acids is 1. The summed E-state index contributed by atoms with van der Waals surface area (Å²) in [4.78, 5) is 22.2. The first-order valence-corrected chi connectivity index (χ1v) is 7.91. The molecule has 0 aliphatic rings. The molecule has 1 atom stereocenters. The first kappa shape index (κ1) is 19.0. The van der Waals surface area contributed by atoms with Gasteiger partial charge in [-0.2, -0.15) is 0 Å². The van der Waals surface area contributed by atoms with Crippen LogP contribution in [-0.2, 0) is 16.0 Å². The number of rotatable bonds is 11. The predicted molar refractivity (Wildman–Crippen MR) is 86.2 cm³/mol. The zero-order valence-electron chi connectivity index (χ0n) is 13.2. The van der Waals surface area contributed by atoms with E-state index in [1.165, 1.54) is 0 Å². The van der Waals surface area contributed by atoms with Crippen LogP contribution in [0.4, 0.5) is 0 Å². The number of carboxylic acids is 1. The number of phenols is 1. The van der Waals surface area contributed by atoms with E-state index in [4.69, 9.17) is 5.11 Å². The third kappa shape index (κ3) is 8.83. The summed E-state index contributed by atoms with van der Waals surface area (Å²) in [5.74, 6) is -0.718. The Hall–Kier alpha value is -2.08. The normalized spacial score (nSPS) is 11.9. The highest BCUT2D eigenvalue weighted by molar-refractivity contribution is 5.76. The number of carbonyl (C=O) groups is 2. The summed E-state index contributed by atoms with van der Waals surface area (Å²) in [5.41, 5.74) is 0.927. The van der Waals surface area contributed by atoms with Crippen LogP contribution >= 0.6 is 0 Å². The summed E-state index contributed by atoms with van der Waals surface area (Å²) >= 11 is 0. The average molecular weight is 323 g/mol. The molecule has 0 saturated heterocycles. The lowest BCUT2D eigenvalue weighted by Gasteiger charge is -2.16. The Bertz CT molecular complexity index is 486. The maximum Gasteiger partial charge on any atom is 0.303 e. The van der Waals surface area contributed by atoms with Gasteiger partial charge < -0.3 is 20.6 Å². The number of phenolic OH excluding ortho intramolecular Hbond substituents is 1. The van der Waals surface area contributed by atoms with Gasteiger partial charge in [-0.05, 0) is 37.0 Å². The van der Waals surface area contributed by atoms with Gasteiger partial charge in [0.25, 0.3) is 0 Å². The fraction of sp³-hybridized carbons (Fsp3) is 0.529. The number of hydrogen-bond acceptors (Lipinski definition) is 4. The maximum atomic E-state index is 11.8. The molecule has 1 aromatic carbocycles. The number of aromatic hydroxyl groups is 1. The minimum atomic E-state index is -0.789. The smallest absolute Gasteiger partial charge is 0.303 e. The summed E-state index contributed by atoms with van der Waals surface area (Å²) in [6.45, 7) is -0.148. The van der Waals surface area contributed by atoms with Crippen LogP contribution in [0.3, 0.4) is 0 Å². The molecule has 1 aromatic rings. The molecule has 4 N–H and O–H groups in total. The van der Waals surface area contributed by atoms with E-state index in [9.17, 15) is 19.8 Å². The standard InChI is InChI=1S/C17H25NO5/c19-12-14(11-13-7-9-15(20)10-8-13)18-16(21)5-3-1-2-4-6-17(22)23/h7-10,14,19-20H,1-6,11-12H2,(H,18,21)(H,22,23)/t14-/m0/s1. The van der Waals surface area contributed by atoms with Gasteiger partial charge in [0.05, 0.1) is 12.6 Å². The molecular weight excluding hydrogens is 298 g/mol. The molecule has 1 rings (SSSR count). The zero-order chi connectivity index (χ0) is 17.1. The molecule has 0 saturated carbocycles. The highest BCUT2D eigenvalue weighted by atomic mass is 16.4. The molecular formula is C17H25NO5. The van der Waals surface area contributed by atoms with E-state index in [1.54, 1.807) is 24.3 Å². The Balaban J connectivity index is 2.22. The molecule has 6 heteroatoms. The van der Waals surface area contributed by atoms with Crippen molar-refractivity contribution in [3.63, 3.8) is 0 Å². The van der Waals surface area contributed by atoms with Crippen molar-refractivity contribution >= 4 is 11.9 Å². The second kappa shape index (κ2) is 10.6. The van der Waals surface area contributed by atoms with E-state index in [1.807, 2.05) is 0 Å². The van der Waals surface area contributed by atoms with Crippen molar-refractivity contribution in [3.8, 4) is 5.75 Å². The van der Waals surface area contributed by atoms with Crippen molar-refractivity contribution in [1.29, 1.82) is 0 Å². The quantitative estimate of drug-likeness (QED) is 0.465. The molecule has 0 radical (unpaired) electrons. The highest BCUT2D eigenvalue weighted by Gasteiger charge is 2.12. The fourth-order valence-corrected chi connectivity index (χ4v) is 2.29. The van der Waals surface area contributed by atoms with Crippen LogP contribution in [0.25, 0.3) is 0 Å². The molecule has 0 aliphatic heterocycles. The molecule has 0 aliphatic carbocycles. The lowest BCUT2D eigenvalue weighted by molar-refractivity contribution is -0.137. The first-order chi connectivity index (χ1) is 11.0. The SMILES string of the molecule is O=C(O)CCCCCCC(=O)N[C@H](CO)Cc1ccc(O)cc1. The molecule has 6 nitrogen and oxygen atoms in total. The number of carbonyl (C=O) groups excluding carboxylic acids is 1. The van der Waals surface area contributed by atoms with Crippen LogP contribution in [-0.4, -0.2) is 39.8 Å². The first-order valence-electron chi connectivity index (χ1n) is 7.91. The number of aliphatic hydroxyl groups is 1.